The molecule has 1 N–H and O–H groups in total. The highest BCUT2D eigenvalue weighted by atomic mass is 79.9. The largest absolute Gasteiger partial charge is 0.493 e. The number of ether oxygens (including phenoxy) is 3. The van der Waals surface area contributed by atoms with Gasteiger partial charge in [-0.25, -0.2) is 4.39 Å². The second-order valence-corrected chi connectivity index (χ2v) is 7.28. The number of halogens is 2. The van der Waals surface area contributed by atoms with Gasteiger partial charge >= 0.3 is 0 Å². The monoisotopic (exact) mass is 439 g/mol. The minimum absolute atomic E-state index is 0.254. The van der Waals surface area contributed by atoms with E-state index in [0.717, 1.165) is 35.2 Å². The summed E-state index contributed by atoms with van der Waals surface area (Å²) in [6, 6.07) is 10.1. The Labute approximate surface area is 169 Å². The molecule has 0 aliphatic carbocycles. The summed E-state index contributed by atoms with van der Waals surface area (Å²) in [6.45, 7) is 6.61. The number of hydrogen-bond acceptors (Lipinski definition) is 4. The van der Waals surface area contributed by atoms with Crippen LogP contribution in [0.1, 0.15) is 31.4 Å². The van der Waals surface area contributed by atoms with E-state index in [1.807, 2.05) is 26.0 Å². The molecule has 27 heavy (non-hydrogen) atoms. The summed E-state index contributed by atoms with van der Waals surface area (Å²) in [7, 11) is 1.62. The Morgan fingerprint density at radius 2 is 1.85 bits per heavy atom. The molecule has 0 bridgehead atoms. The third-order valence-electron chi connectivity index (χ3n) is 3.93. The van der Waals surface area contributed by atoms with Gasteiger partial charge in [0.05, 0.1) is 13.2 Å². The Morgan fingerprint density at radius 1 is 1.11 bits per heavy atom. The van der Waals surface area contributed by atoms with Crippen LogP contribution in [0.5, 0.6) is 11.5 Å². The molecule has 2 aromatic rings. The fourth-order valence-electron chi connectivity index (χ4n) is 2.53. The zero-order valence-corrected chi connectivity index (χ0v) is 17.6. The van der Waals surface area contributed by atoms with Crippen LogP contribution in [0.25, 0.3) is 0 Å². The summed E-state index contributed by atoms with van der Waals surface area (Å²) in [5.41, 5.74) is 1.88. The second-order valence-electron chi connectivity index (χ2n) is 6.42. The van der Waals surface area contributed by atoms with Crippen LogP contribution in [-0.2, 0) is 17.9 Å². The van der Waals surface area contributed by atoms with Crippen molar-refractivity contribution in [2.45, 2.75) is 39.5 Å². The fraction of sp³-hybridized carbons (Fsp3) is 0.429. The topological polar surface area (TPSA) is 39.7 Å². The maximum absolute atomic E-state index is 13.1. The van der Waals surface area contributed by atoms with E-state index in [9.17, 15) is 4.39 Å². The average Bonchev–Trinajstić information content (AvgIpc) is 2.65. The summed E-state index contributed by atoms with van der Waals surface area (Å²) in [4.78, 5) is 0. The van der Waals surface area contributed by atoms with Crippen LogP contribution in [0.2, 0.25) is 0 Å². The van der Waals surface area contributed by atoms with Crippen molar-refractivity contribution >= 4 is 15.9 Å². The highest BCUT2D eigenvalue weighted by Gasteiger charge is 2.14. The van der Waals surface area contributed by atoms with Crippen LogP contribution in [0.15, 0.2) is 40.9 Å². The lowest BCUT2D eigenvalue weighted by molar-refractivity contribution is 0.0770. The van der Waals surface area contributed by atoms with Crippen molar-refractivity contribution in [1.82, 2.24) is 5.32 Å². The van der Waals surface area contributed by atoms with Crippen LogP contribution in [-0.4, -0.2) is 26.4 Å². The van der Waals surface area contributed by atoms with Crippen molar-refractivity contribution in [2.24, 2.45) is 0 Å². The highest BCUT2D eigenvalue weighted by Crippen LogP contribution is 2.36. The molecule has 6 heteroatoms. The molecule has 0 amide bonds. The van der Waals surface area contributed by atoms with E-state index in [0.29, 0.717) is 24.7 Å². The van der Waals surface area contributed by atoms with Crippen LogP contribution >= 0.6 is 15.9 Å². The van der Waals surface area contributed by atoms with Gasteiger partial charge in [-0.05, 0) is 56.6 Å². The second kappa shape index (κ2) is 11.3. The molecule has 0 spiro atoms. The molecular weight excluding hydrogens is 413 g/mol. The molecule has 0 heterocycles. The Hall–Kier alpha value is -1.63. The van der Waals surface area contributed by atoms with Gasteiger partial charge in [-0.2, -0.15) is 0 Å². The molecule has 0 aromatic heterocycles. The van der Waals surface area contributed by atoms with Gasteiger partial charge < -0.3 is 19.5 Å². The third kappa shape index (κ3) is 7.13. The minimum Gasteiger partial charge on any atom is -0.493 e. The van der Waals surface area contributed by atoms with Gasteiger partial charge in [0.25, 0.3) is 0 Å². The lowest BCUT2D eigenvalue weighted by Gasteiger charge is -2.17. The Kier molecular flexibility index (Phi) is 9.04. The van der Waals surface area contributed by atoms with Gasteiger partial charge in [0, 0.05) is 23.2 Å². The molecule has 2 rings (SSSR count). The van der Waals surface area contributed by atoms with Gasteiger partial charge in [-0.3, -0.25) is 0 Å². The van der Waals surface area contributed by atoms with Gasteiger partial charge in [-0.15, -0.1) is 0 Å². The van der Waals surface area contributed by atoms with E-state index in [-0.39, 0.29) is 11.9 Å². The molecule has 0 saturated carbocycles. The van der Waals surface area contributed by atoms with Crippen molar-refractivity contribution in [3.05, 3.63) is 57.8 Å². The Balaban J connectivity index is 2.01. The first-order valence-corrected chi connectivity index (χ1v) is 9.85. The molecule has 0 atom stereocenters. The maximum atomic E-state index is 13.1. The number of benzene rings is 2. The first kappa shape index (κ1) is 21.7. The zero-order valence-electron chi connectivity index (χ0n) is 16.1. The molecular formula is C21H27BrFNO3. The molecule has 2 aromatic carbocycles. The molecule has 0 unspecified atom stereocenters. The summed E-state index contributed by atoms with van der Waals surface area (Å²) in [6.07, 6.45) is 1.19. The van der Waals surface area contributed by atoms with E-state index >= 15 is 0 Å². The average molecular weight is 440 g/mol. The van der Waals surface area contributed by atoms with Crippen molar-refractivity contribution in [1.29, 1.82) is 0 Å². The third-order valence-corrected chi connectivity index (χ3v) is 4.68. The van der Waals surface area contributed by atoms with Crippen LogP contribution in [0, 0.1) is 5.82 Å². The molecule has 0 fully saturated rings. The summed E-state index contributed by atoms with van der Waals surface area (Å²) in [5.74, 6) is 1.09. The van der Waals surface area contributed by atoms with E-state index in [1.54, 1.807) is 19.2 Å². The standard InChI is InChI=1S/C21H27BrFNO3/c1-15(2)26-12-4-11-24-13-18-19(22)9-10-20(25-3)21(18)27-14-16-5-7-17(23)8-6-16/h5-10,15,24H,4,11-14H2,1-3H3. The fourth-order valence-corrected chi connectivity index (χ4v) is 2.98. The Morgan fingerprint density at radius 3 is 2.52 bits per heavy atom. The molecule has 0 saturated heterocycles. The first-order chi connectivity index (χ1) is 13.0. The molecule has 0 radical (unpaired) electrons. The van der Waals surface area contributed by atoms with E-state index < -0.39 is 0 Å². The van der Waals surface area contributed by atoms with Crippen LogP contribution in [0.3, 0.4) is 0 Å². The quantitative estimate of drug-likeness (QED) is 0.495. The lowest BCUT2D eigenvalue weighted by atomic mass is 10.1. The van der Waals surface area contributed by atoms with E-state index in [2.05, 4.69) is 21.2 Å². The van der Waals surface area contributed by atoms with E-state index in [1.165, 1.54) is 12.1 Å². The predicted octanol–water partition coefficient (Wildman–Crippen LogP) is 5.08. The number of methoxy groups -OCH3 is 1. The normalized spacial score (nSPS) is 11.0. The van der Waals surface area contributed by atoms with Gasteiger partial charge in [0.15, 0.2) is 11.5 Å². The van der Waals surface area contributed by atoms with Crippen molar-refractivity contribution in [3.8, 4) is 11.5 Å². The number of nitrogens with one attached hydrogen (secondary N) is 1. The highest BCUT2D eigenvalue weighted by molar-refractivity contribution is 9.10. The van der Waals surface area contributed by atoms with Gasteiger partial charge in [-0.1, -0.05) is 28.1 Å². The van der Waals surface area contributed by atoms with Crippen molar-refractivity contribution in [2.75, 3.05) is 20.3 Å². The SMILES string of the molecule is COc1ccc(Br)c(CNCCCOC(C)C)c1OCc1ccc(F)cc1. The van der Waals surface area contributed by atoms with Gasteiger partial charge in [0.1, 0.15) is 12.4 Å². The van der Waals surface area contributed by atoms with Crippen molar-refractivity contribution in [3.63, 3.8) is 0 Å². The molecule has 0 aliphatic rings. The van der Waals surface area contributed by atoms with Crippen LogP contribution in [0.4, 0.5) is 4.39 Å². The van der Waals surface area contributed by atoms with Crippen molar-refractivity contribution < 1.29 is 18.6 Å². The lowest BCUT2D eigenvalue weighted by Crippen LogP contribution is -2.18. The smallest absolute Gasteiger partial charge is 0.167 e. The van der Waals surface area contributed by atoms with Gasteiger partial charge in [0.2, 0.25) is 0 Å². The summed E-state index contributed by atoms with van der Waals surface area (Å²) >= 11 is 3.60. The maximum Gasteiger partial charge on any atom is 0.167 e. The summed E-state index contributed by atoms with van der Waals surface area (Å²) in [5, 5.41) is 3.42. The summed E-state index contributed by atoms with van der Waals surface area (Å²) < 4.78 is 31.1. The number of rotatable bonds is 11. The van der Waals surface area contributed by atoms with E-state index in [4.69, 9.17) is 14.2 Å². The predicted molar refractivity (Wildman–Crippen MR) is 109 cm³/mol. The molecule has 0 aliphatic heterocycles. The molecule has 148 valence electrons. The zero-order chi connectivity index (χ0) is 19.6. The first-order valence-electron chi connectivity index (χ1n) is 9.06. The van der Waals surface area contributed by atoms with Crippen LogP contribution < -0.4 is 14.8 Å². The number of hydrogen-bond donors (Lipinski definition) is 1. The minimum atomic E-state index is -0.259. The Bertz CT molecular complexity index is 707. The molecule has 4 nitrogen and oxygen atoms in total.